The summed E-state index contributed by atoms with van der Waals surface area (Å²) in [5.41, 5.74) is 3.44. The highest BCUT2D eigenvalue weighted by molar-refractivity contribution is 6.79. The Kier molecular flexibility index (Phi) is 2.42. The Morgan fingerprint density at radius 2 is 2.04 bits per heavy atom. The van der Waals surface area contributed by atoms with Crippen molar-refractivity contribution in [3.8, 4) is 0 Å². The van der Waals surface area contributed by atoms with Crippen LogP contribution in [0.15, 0.2) is 52.7 Å². The lowest BCUT2D eigenvalue weighted by Crippen LogP contribution is -2.52. The molecule has 3 aromatic rings. The predicted octanol–water partition coefficient (Wildman–Crippen LogP) is 3.28. The van der Waals surface area contributed by atoms with Crippen molar-refractivity contribution in [3.05, 3.63) is 59.6 Å². The maximum absolute atomic E-state index is 7.61. The van der Waals surface area contributed by atoms with Gasteiger partial charge < -0.3 is 4.42 Å². The monoisotopic (exact) mass is 306 g/mol. The molecule has 3 nitrogen and oxygen atoms in total. The Morgan fingerprint density at radius 1 is 1.22 bits per heavy atom. The number of hydrogen-bond acceptors (Lipinski definition) is 2. The van der Waals surface area contributed by atoms with Gasteiger partial charge in [0.1, 0.15) is 11.3 Å². The van der Waals surface area contributed by atoms with Crippen LogP contribution in [0, 0.1) is 6.85 Å². The zero-order valence-corrected chi connectivity index (χ0v) is 13.5. The molecule has 0 N–H and O–H groups in total. The minimum absolute atomic E-state index is 0.0726. The van der Waals surface area contributed by atoms with Gasteiger partial charge in [-0.1, -0.05) is 18.2 Å². The molecule has 114 valence electrons. The third kappa shape index (κ3) is 2.09. The number of allylic oxidation sites excluding steroid dienone is 1. The average Bonchev–Trinajstić information content (AvgIpc) is 2.93. The maximum atomic E-state index is 7.61. The Balaban J connectivity index is 1.84. The summed E-state index contributed by atoms with van der Waals surface area (Å²) in [4.78, 5) is 2.22. The molecule has 23 heavy (non-hydrogen) atoms. The fraction of sp³-hybridized carbons (Fsp3) is 0.211. The van der Waals surface area contributed by atoms with E-state index in [0.29, 0.717) is 5.56 Å². The topological polar surface area (TPSA) is 20.3 Å². The fourth-order valence-corrected chi connectivity index (χ4v) is 3.55. The molecule has 0 aliphatic carbocycles. The summed E-state index contributed by atoms with van der Waals surface area (Å²) < 4.78 is 30.7. The number of para-hydroxylation sites is 1. The van der Waals surface area contributed by atoms with Gasteiger partial charge in [-0.25, -0.2) is 4.57 Å². The molecule has 4 rings (SSSR count). The van der Waals surface area contributed by atoms with Crippen LogP contribution in [0.5, 0.6) is 0 Å². The highest BCUT2D eigenvalue weighted by Crippen LogP contribution is 2.28. The molecule has 0 atom stereocenters. The van der Waals surface area contributed by atoms with Crippen LogP contribution in [0.4, 0.5) is 5.82 Å². The van der Waals surface area contributed by atoms with Gasteiger partial charge in [0.15, 0.2) is 0 Å². The van der Waals surface area contributed by atoms with Crippen LogP contribution in [-0.4, -0.2) is 6.85 Å². The second kappa shape index (κ2) is 5.02. The second-order valence-electron chi connectivity index (χ2n) is 6.09. The van der Waals surface area contributed by atoms with Crippen molar-refractivity contribution in [2.24, 2.45) is 7.05 Å². The van der Waals surface area contributed by atoms with Gasteiger partial charge in [-0.15, -0.1) is 0 Å². The molecule has 1 aromatic carbocycles. The van der Waals surface area contributed by atoms with E-state index in [1.165, 1.54) is 0 Å². The number of nitrogens with zero attached hydrogens (tertiary/aromatic N) is 2. The first-order valence-corrected chi connectivity index (χ1v) is 7.76. The minimum atomic E-state index is -2.11. The number of hydrogen-bond donors (Lipinski definition) is 0. The van der Waals surface area contributed by atoms with Crippen molar-refractivity contribution in [1.29, 1.82) is 0 Å². The van der Waals surface area contributed by atoms with Gasteiger partial charge in [0.2, 0.25) is 0 Å². The molecule has 0 amide bonds. The third-order valence-electron chi connectivity index (χ3n) is 4.54. The zero-order valence-electron chi connectivity index (χ0n) is 16.5. The number of rotatable bonds is 1. The standard InChI is InChI=1S/C19H20BN2O/c1-13-9-10-18(21(4)12-13)22-14(2)11-17-19(20(22)3)15-7-5-6-8-16(15)23-17/h5-12H,1-4H3/q+1/i1D3. The van der Waals surface area contributed by atoms with E-state index in [2.05, 4.69) is 17.7 Å². The molecule has 0 fully saturated rings. The SMILES string of the molecule is [2H]C([2H])([2H])c1ccc(N2B(C)c3c(oc4ccccc34)C=C2C)[n+](C)c1. The molecular weight excluding hydrogens is 283 g/mol. The van der Waals surface area contributed by atoms with Crippen molar-refractivity contribution in [3.63, 3.8) is 0 Å². The fourth-order valence-electron chi connectivity index (χ4n) is 3.55. The van der Waals surface area contributed by atoms with Crippen LogP contribution < -0.4 is 14.8 Å². The molecule has 0 saturated heterocycles. The highest BCUT2D eigenvalue weighted by atomic mass is 16.3. The summed E-state index contributed by atoms with van der Waals surface area (Å²) in [5.74, 6) is 1.84. The molecule has 3 heterocycles. The quantitative estimate of drug-likeness (QED) is 0.508. The number of anilines is 1. The van der Waals surface area contributed by atoms with Gasteiger partial charge in [0.05, 0.1) is 18.9 Å². The first-order chi connectivity index (χ1) is 12.3. The average molecular weight is 306 g/mol. The van der Waals surface area contributed by atoms with E-state index in [0.717, 1.165) is 33.7 Å². The van der Waals surface area contributed by atoms with Crippen molar-refractivity contribution in [2.75, 3.05) is 4.81 Å². The van der Waals surface area contributed by atoms with Gasteiger partial charge in [-0.05, 0) is 38.3 Å². The molecule has 0 spiro atoms. The van der Waals surface area contributed by atoms with Crippen molar-refractivity contribution >= 4 is 35.2 Å². The molecule has 0 radical (unpaired) electrons. The zero-order chi connectivity index (χ0) is 18.6. The summed E-state index contributed by atoms with van der Waals surface area (Å²) in [5, 5.41) is 1.12. The summed E-state index contributed by atoms with van der Waals surface area (Å²) in [6, 6.07) is 11.6. The van der Waals surface area contributed by atoms with E-state index < -0.39 is 6.85 Å². The lowest BCUT2D eigenvalue weighted by Gasteiger charge is -2.26. The van der Waals surface area contributed by atoms with Crippen LogP contribution in [0.3, 0.4) is 0 Å². The second-order valence-corrected chi connectivity index (χ2v) is 6.09. The summed E-state index contributed by atoms with van der Waals surface area (Å²) in [6.07, 6.45) is 3.73. The number of fused-ring (bicyclic) bond motifs is 3. The van der Waals surface area contributed by atoms with Gasteiger partial charge in [-0.2, -0.15) is 0 Å². The Labute approximate surface area is 141 Å². The lowest BCUT2D eigenvalue weighted by atomic mass is 9.53. The van der Waals surface area contributed by atoms with Gasteiger partial charge in [-0.3, -0.25) is 4.81 Å². The summed E-state index contributed by atoms with van der Waals surface area (Å²) in [6.45, 7) is 2.16. The highest BCUT2D eigenvalue weighted by Gasteiger charge is 2.39. The van der Waals surface area contributed by atoms with Gasteiger partial charge in [0, 0.05) is 27.1 Å². The number of aryl methyl sites for hydroxylation is 2. The first kappa shape index (κ1) is 11.1. The van der Waals surface area contributed by atoms with Gasteiger partial charge >= 0.3 is 6.85 Å². The number of furan rings is 1. The third-order valence-corrected chi connectivity index (χ3v) is 4.54. The van der Waals surface area contributed by atoms with Crippen LogP contribution in [0.1, 0.15) is 22.4 Å². The van der Waals surface area contributed by atoms with Crippen molar-refractivity contribution in [1.82, 2.24) is 0 Å². The molecule has 2 aromatic heterocycles. The smallest absolute Gasteiger partial charge is 0.413 e. The molecule has 1 aliphatic heterocycles. The van der Waals surface area contributed by atoms with Crippen molar-refractivity contribution < 1.29 is 13.1 Å². The molecule has 4 heteroatoms. The van der Waals surface area contributed by atoms with Crippen LogP contribution in [0.2, 0.25) is 6.82 Å². The van der Waals surface area contributed by atoms with Gasteiger partial charge in [0.25, 0.3) is 5.82 Å². The summed E-state index contributed by atoms with van der Waals surface area (Å²) >= 11 is 0. The number of pyridine rings is 1. The van der Waals surface area contributed by atoms with E-state index in [1.54, 1.807) is 12.3 Å². The summed E-state index contributed by atoms with van der Waals surface area (Å²) in [7, 11) is 1.88. The van der Waals surface area contributed by atoms with E-state index in [4.69, 9.17) is 8.53 Å². The lowest BCUT2D eigenvalue weighted by molar-refractivity contribution is -0.658. The Bertz CT molecular complexity index is 1040. The predicted molar refractivity (Wildman–Crippen MR) is 96.0 cm³/mol. The molecular formula is C19H20BN2O+. The van der Waals surface area contributed by atoms with E-state index >= 15 is 0 Å². The largest absolute Gasteiger partial charge is 0.457 e. The van der Waals surface area contributed by atoms with Crippen LogP contribution in [0.25, 0.3) is 17.0 Å². The van der Waals surface area contributed by atoms with E-state index in [9.17, 15) is 0 Å². The Hall–Kier alpha value is -2.49. The first-order valence-electron chi connectivity index (χ1n) is 9.26. The number of aromatic nitrogens is 1. The number of benzene rings is 1. The molecule has 0 saturated carbocycles. The maximum Gasteiger partial charge on any atom is 0.413 e. The molecule has 0 bridgehead atoms. The molecule has 0 unspecified atom stereocenters. The Morgan fingerprint density at radius 3 is 2.83 bits per heavy atom. The molecule has 1 aliphatic rings. The van der Waals surface area contributed by atoms with Crippen LogP contribution >= 0.6 is 0 Å². The van der Waals surface area contributed by atoms with Crippen LogP contribution in [-0.2, 0) is 7.05 Å². The van der Waals surface area contributed by atoms with Crippen molar-refractivity contribution in [2.45, 2.75) is 20.6 Å². The minimum Gasteiger partial charge on any atom is -0.457 e. The van der Waals surface area contributed by atoms with E-state index in [-0.39, 0.29) is 6.85 Å². The normalized spacial score (nSPS) is 16.7. The van der Waals surface area contributed by atoms with E-state index in [1.807, 2.05) is 48.9 Å².